The number of furan rings is 1. The van der Waals surface area contributed by atoms with E-state index in [0.29, 0.717) is 28.9 Å². The van der Waals surface area contributed by atoms with Crippen molar-refractivity contribution in [3.8, 4) is 11.3 Å². The first kappa shape index (κ1) is 19.9. The maximum Gasteiger partial charge on any atom is 0.331 e. The molecule has 7 nitrogen and oxygen atoms in total. The Hall–Kier alpha value is -3.03. The maximum atomic E-state index is 13.4. The minimum absolute atomic E-state index is 0.146. The monoisotopic (exact) mass is 439 g/mol. The molecule has 160 valence electrons. The van der Waals surface area contributed by atoms with Crippen molar-refractivity contribution in [1.82, 2.24) is 13.7 Å². The molecule has 1 aliphatic heterocycles. The van der Waals surface area contributed by atoms with Crippen LogP contribution in [0.4, 0.5) is 0 Å². The Labute approximate surface area is 183 Å². The Morgan fingerprint density at radius 1 is 1.10 bits per heavy atom. The lowest BCUT2D eigenvalue weighted by Gasteiger charge is -2.30. The van der Waals surface area contributed by atoms with Crippen LogP contribution in [0.25, 0.3) is 22.2 Å². The Kier molecular flexibility index (Phi) is 4.50. The van der Waals surface area contributed by atoms with E-state index in [4.69, 9.17) is 20.8 Å². The molecule has 4 heterocycles. The number of hydrogen-bond acceptors (Lipinski definition) is 4. The van der Waals surface area contributed by atoms with Crippen LogP contribution < -0.4 is 11.2 Å². The summed E-state index contributed by atoms with van der Waals surface area (Å²) in [6.45, 7) is 4.52. The van der Waals surface area contributed by atoms with Gasteiger partial charge in [0.05, 0.1) is 28.4 Å². The Morgan fingerprint density at radius 2 is 1.87 bits per heavy atom. The number of benzene rings is 1. The predicted molar refractivity (Wildman–Crippen MR) is 119 cm³/mol. The number of aryl methyl sites for hydroxylation is 2. The third kappa shape index (κ3) is 2.91. The number of fused-ring (bicyclic) bond motifs is 3. The van der Waals surface area contributed by atoms with Crippen molar-refractivity contribution in [3.05, 3.63) is 79.5 Å². The third-order valence-electron chi connectivity index (χ3n) is 5.91. The van der Waals surface area contributed by atoms with Crippen molar-refractivity contribution in [3.63, 3.8) is 0 Å². The lowest BCUT2D eigenvalue weighted by molar-refractivity contribution is -0.0239. The smallest absolute Gasteiger partial charge is 0.331 e. The van der Waals surface area contributed by atoms with Crippen LogP contribution in [0, 0.1) is 6.92 Å². The van der Waals surface area contributed by atoms with E-state index >= 15 is 0 Å². The fraction of sp³-hybridized carbons (Fsp3) is 0.304. The van der Waals surface area contributed by atoms with Crippen LogP contribution in [0.5, 0.6) is 0 Å². The van der Waals surface area contributed by atoms with E-state index < -0.39 is 11.8 Å². The fourth-order valence-corrected chi connectivity index (χ4v) is 4.71. The van der Waals surface area contributed by atoms with Crippen molar-refractivity contribution in [2.24, 2.45) is 14.1 Å². The van der Waals surface area contributed by atoms with Gasteiger partial charge in [-0.15, -0.1) is 0 Å². The maximum absolute atomic E-state index is 13.4. The molecule has 8 heteroatoms. The lowest BCUT2D eigenvalue weighted by atomic mass is 10.1. The molecule has 0 bridgehead atoms. The Bertz CT molecular complexity index is 1460. The molecule has 0 radical (unpaired) electrons. The van der Waals surface area contributed by atoms with Crippen LogP contribution >= 0.6 is 11.6 Å². The average Bonchev–Trinajstić information content (AvgIpc) is 3.31. The number of halogens is 1. The van der Waals surface area contributed by atoms with Gasteiger partial charge in [-0.05, 0) is 49.2 Å². The molecular weight excluding hydrogens is 418 g/mol. The number of hydrogen-bond donors (Lipinski definition) is 0. The number of rotatable bonds is 2. The highest BCUT2D eigenvalue weighted by atomic mass is 35.5. The molecule has 0 amide bonds. The average molecular weight is 440 g/mol. The van der Waals surface area contributed by atoms with Gasteiger partial charge in [0, 0.05) is 20.6 Å². The summed E-state index contributed by atoms with van der Waals surface area (Å²) in [5, 5.41) is 0.744. The molecule has 0 aliphatic carbocycles. The second-order valence-corrected chi connectivity index (χ2v) is 8.48. The molecule has 2 atom stereocenters. The summed E-state index contributed by atoms with van der Waals surface area (Å²) < 4.78 is 16.7. The fourth-order valence-electron chi connectivity index (χ4n) is 4.56. The van der Waals surface area contributed by atoms with E-state index in [2.05, 4.69) is 4.57 Å². The summed E-state index contributed by atoms with van der Waals surface area (Å²) in [6, 6.07) is 11.4. The second-order valence-electron chi connectivity index (χ2n) is 8.11. The van der Waals surface area contributed by atoms with Crippen molar-refractivity contribution in [2.75, 3.05) is 0 Å². The van der Waals surface area contributed by atoms with Gasteiger partial charge in [-0.2, -0.15) is 0 Å². The van der Waals surface area contributed by atoms with Gasteiger partial charge in [0.25, 0.3) is 5.56 Å². The predicted octanol–water partition coefficient (Wildman–Crippen LogP) is 3.77. The van der Waals surface area contributed by atoms with Crippen LogP contribution in [-0.2, 0) is 25.4 Å². The van der Waals surface area contributed by atoms with Gasteiger partial charge in [0.2, 0.25) is 0 Å². The molecule has 0 saturated heterocycles. The summed E-state index contributed by atoms with van der Waals surface area (Å²) in [5.74, 6) is 0.529. The molecular formula is C23H22ClN3O4. The van der Waals surface area contributed by atoms with E-state index in [-0.39, 0.29) is 16.9 Å². The topological polar surface area (TPSA) is 71.3 Å². The summed E-state index contributed by atoms with van der Waals surface area (Å²) in [5.41, 5.74) is 3.32. The van der Waals surface area contributed by atoms with E-state index in [0.717, 1.165) is 21.4 Å². The molecule has 5 rings (SSSR count). The molecule has 1 aliphatic rings. The van der Waals surface area contributed by atoms with Crippen molar-refractivity contribution in [1.29, 1.82) is 0 Å². The normalized spacial score (nSPS) is 18.5. The number of nitrogens with zero attached hydrogens (tertiary/aromatic N) is 3. The summed E-state index contributed by atoms with van der Waals surface area (Å²) in [7, 11) is 3.18. The molecule has 0 fully saturated rings. The van der Waals surface area contributed by atoms with Crippen LogP contribution in [0.1, 0.15) is 30.0 Å². The van der Waals surface area contributed by atoms with Crippen molar-refractivity contribution >= 4 is 22.5 Å². The van der Waals surface area contributed by atoms with Gasteiger partial charge in [0.1, 0.15) is 5.76 Å². The third-order valence-corrected chi connectivity index (χ3v) is 6.11. The molecule has 3 aromatic heterocycles. The highest BCUT2D eigenvalue weighted by Crippen LogP contribution is 2.42. The largest absolute Gasteiger partial charge is 0.446 e. The van der Waals surface area contributed by atoms with E-state index in [1.165, 1.54) is 11.6 Å². The van der Waals surface area contributed by atoms with Crippen LogP contribution in [0.2, 0.25) is 5.22 Å². The van der Waals surface area contributed by atoms with Crippen LogP contribution in [0.3, 0.4) is 0 Å². The first-order valence-electron chi connectivity index (χ1n) is 10.1. The molecule has 4 aromatic rings. The van der Waals surface area contributed by atoms with Crippen LogP contribution in [-0.4, -0.2) is 19.8 Å². The van der Waals surface area contributed by atoms with Crippen molar-refractivity contribution in [2.45, 2.75) is 32.6 Å². The zero-order chi connectivity index (χ0) is 22.0. The van der Waals surface area contributed by atoms with E-state index in [9.17, 15) is 9.59 Å². The minimum atomic E-state index is -0.602. The minimum Gasteiger partial charge on any atom is -0.446 e. The second kappa shape index (κ2) is 7.00. The molecule has 31 heavy (non-hydrogen) atoms. The molecule has 0 saturated carbocycles. The summed E-state index contributed by atoms with van der Waals surface area (Å²) in [6.07, 6.45) is -0.748. The zero-order valence-corrected chi connectivity index (χ0v) is 18.4. The van der Waals surface area contributed by atoms with E-state index in [1.54, 1.807) is 19.2 Å². The summed E-state index contributed by atoms with van der Waals surface area (Å²) in [4.78, 5) is 26.2. The van der Waals surface area contributed by atoms with Gasteiger partial charge < -0.3 is 13.7 Å². The van der Waals surface area contributed by atoms with Gasteiger partial charge in [-0.25, -0.2) is 4.79 Å². The van der Waals surface area contributed by atoms with Gasteiger partial charge in [-0.1, -0.05) is 23.8 Å². The van der Waals surface area contributed by atoms with Gasteiger partial charge in [0.15, 0.2) is 11.3 Å². The van der Waals surface area contributed by atoms with Gasteiger partial charge in [-0.3, -0.25) is 13.9 Å². The SMILES string of the molecule is Cc1cccc(-c2c3c(=O)n(C)c(=O)n(C)c3c3n2C[C@H](C)O[C@H]3c2ccc(Cl)o2)c1. The number of aromatic nitrogens is 3. The van der Waals surface area contributed by atoms with Gasteiger partial charge >= 0.3 is 5.69 Å². The first-order chi connectivity index (χ1) is 14.8. The van der Waals surface area contributed by atoms with Crippen LogP contribution in [0.15, 0.2) is 50.4 Å². The first-order valence-corrected chi connectivity index (χ1v) is 10.5. The lowest BCUT2D eigenvalue weighted by Crippen LogP contribution is -2.37. The zero-order valence-electron chi connectivity index (χ0n) is 17.7. The molecule has 0 N–H and O–H groups in total. The Morgan fingerprint density at radius 3 is 2.55 bits per heavy atom. The van der Waals surface area contributed by atoms with E-state index in [1.807, 2.05) is 38.1 Å². The molecule has 1 aromatic carbocycles. The summed E-state index contributed by atoms with van der Waals surface area (Å²) >= 11 is 6.04. The molecule has 0 unspecified atom stereocenters. The quantitative estimate of drug-likeness (QED) is 0.476. The highest BCUT2D eigenvalue weighted by Gasteiger charge is 2.36. The standard InChI is InChI=1S/C23H22ClN3O4/c1-12-6-5-7-14(10-12)18-17-19(25(3)23(29)26(4)22(17)28)20-21(15-8-9-16(24)31-15)30-13(2)11-27(18)20/h5-10,13,21H,11H2,1-4H3/t13-,21-/m0/s1. The number of ether oxygens (including phenoxy) is 1. The highest BCUT2D eigenvalue weighted by molar-refractivity contribution is 6.28. The Balaban J connectivity index is 1.98. The molecule has 0 spiro atoms. The van der Waals surface area contributed by atoms with Crippen molar-refractivity contribution < 1.29 is 9.15 Å².